The molecular weight excluding hydrogens is 310 g/mol. The number of benzene rings is 1. The first-order valence-corrected chi connectivity index (χ1v) is 13.0. The molecule has 1 aromatic rings. The van der Waals surface area contributed by atoms with E-state index in [-0.39, 0.29) is 0 Å². The van der Waals surface area contributed by atoms with Crippen molar-refractivity contribution in [3.8, 4) is 0 Å². The second-order valence-corrected chi connectivity index (χ2v) is 15.1. The molecular formula is C17H25NO2SSi. The Labute approximate surface area is 135 Å². The van der Waals surface area contributed by atoms with Gasteiger partial charge in [-0.25, -0.2) is 8.42 Å². The lowest BCUT2D eigenvalue weighted by molar-refractivity contribution is 0.481. The van der Waals surface area contributed by atoms with Crippen molar-refractivity contribution in [1.82, 2.24) is 4.31 Å². The van der Waals surface area contributed by atoms with Crippen LogP contribution in [0.25, 0.3) is 0 Å². The Hall–Kier alpha value is -0.913. The van der Waals surface area contributed by atoms with Crippen LogP contribution in [0.5, 0.6) is 0 Å². The van der Waals surface area contributed by atoms with E-state index in [1.54, 1.807) is 16.4 Å². The van der Waals surface area contributed by atoms with Gasteiger partial charge in [-0.1, -0.05) is 49.0 Å². The highest BCUT2D eigenvalue weighted by atomic mass is 32.2. The van der Waals surface area contributed by atoms with Gasteiger partial charge in [-0.2, -0.15) is 4.31 Å². The van der Waals surface area contributed by atoms with Crippen molar-refractivity contribution >= 4 is 18.1 Å². The number of nitrogens with zero attached hydrogens (tertiary/aromatic N) is 1. The molecule has 1 heterocycles. The quantitative estimate of drug-likeness (QED) is 0.622. The van der Waals surface area contributed by atoms with Crippen LogP contribution >= 0.6 is 0 Å². The fourth-order valence-electron chi connectivity index (χ4n) is 3.42. The predicted molar refractivity (Wildman–Crippen MR) is 93.2 cm³/mol. The van der Waals surface area contributed by atoms with Gasteiger partial charge in [0.05, 0.1) is 4.90 Å². The minimum Gasteiger partial charge on any atom is -0.207 e. The van der Waals surface area contributed by atoms with E-state index in [1.165, 1.54) is 12.0 Å². The zero-order valence-corrected chi connectivity index (χ0v) is 15.7. The van der Waals surface area contributed by atoms with Crippen molar-refractivity contribution in [3.05, 3.63) is 41.5 Å². The number of hydrogen-bond donors (Lipinski definition) is 0. The van der Waals surface area contributed by atoms with Crippen LogP contribution in [0.1, 0.15) is 12.0 Å². The number of rotatable bonds is 4. The molecule has 5 heteroatoms. The molecule has 3 rings (SSSR count). The van der Waals surface area contributed by atoms with E-state index >= 15 is 0 Å². The molecule has 2 atom stereocenters. The van der Waals surface area contributed by atoms with Crippen LogP contribution in [0.4, 0.5) is 0 Å². The number of sulfonamides is 1. The summed E-state index contributed by atoms with van der Waals surface area (Å²) in [6.07, 6.45) is 3.41. The maximum absolute atomic E-state index is 12.7. The van der Waals surface area contributed by atoms with Crippen molar-refractivity contribution in [2.45, 2.75) is 43.4 Å². The summed E-state index contributed by atoms with van der Waals surface area (Å²) in [5.74, 6) is 0.643. The SMILES string of the molecule is Cc1ccc(S(=O)(=O)N2CC=C([C@H]3C[C@@H]3[Si](C)(C)C)C2)cc1. The summed E-state index contributed by atoms with van der Waals surface area (Å²) in [6.45, 7) is 10.3. The smallest absolute Gasteiger partial charge is 0.207 e. The van der Waals surface area contributed by atoms with E-state index in [4.69, 9.17) is 0 Å². The van der Waals surface area contributed by atoms with Crippen molar-refractivity contribution in [3.63, 3.8) is 0 Å². The molecule has 1 fully saturated rings. The average Bonchev–Trinajstić information content (AvgIpc) is 3.09. The van der Waals surface area contributed by atoms with Crippen molar-refractivity contribution in [1.29, 1.82) is 0 Å². The zero-order valence-electron chi connectivity index (χ0n) is 13.8. The van der Waals surface area contributed by atoms with E-state index < -0.39 is 18.1 Å². The van der Waals surface area contributed by atoms with E-state index in [1.807, 2.05) is 19.1 Å². The lowest BCUT2D eigenvalue weighted by Crippen LogP contribution is -2.29. The molecule has 0 N–H and O–H groups in total. The molecule has 0 aromatic heterocycles. The van der Waals surface area contributed by atoms with Crippen LogP contribution in [0.2, 0.25) is 25.2 Å². The Balaban J connectivity index is 1.71. The highest BCUT2D eigenvalue weighted by Crippen LogP contribution is 2.56. The van der Waals surface area contributed by atoms with Gasteiger partial charge in [-0.3, -0.25) is 0 Å². The molecule has 22 heavy (non-hydrogen) atoms. The van der Waals surface area contributed by atoms with E-state index in [9.17, 15) is 8.42 Å². The molecule has 0 spiro atoms. The third-order valence-corrected chi connectivity index (χ3v) is 9.64. The highest BCUT2D eigenvalue weighted by molar-refractivity contribution is 7.89. The second kappa shape index (κ2) is 5.32. The first kappa shape index (κ1) is 16.0. The summed E-state index contributed by atoms with van der Waals surface area (Å²) in [7, 11) is -4.46. The summed E-state index contributed by atoms with van der Waals surface area (Å²) in [5, 5.41) is 0. The Bertz CT molecular complexity index is 701. The molecule has 1 aliphatic carbocycles. The minimum atomic E-state index is -3.35. The van der Waals surface area contributed by atoms with Gasteiger partial charge in [0.15, 0.2) is 0 Å². The summed E-state index contributed by atoms with van der Waals surface area (Å²) < 4.78 is 27.0. The van der Waals surface area contributed by atoms with Crippen LogP contribution in [-0.4, -0.2) is 33.9 Å². The van der Waals surface area contributed by atoms with Crippen LogP contribution in [0.15, 0.2) is 40.8 Å². The Morgan fingerprint density at radius 2 is 1.77 bits per heavy atom. The summed E-state index contributed by atoms with van der Waals surface area (Å²) in [4.78, 5) is 0.408. The van der Waals surface area contributed by atoms with Gasteiger partial charge in [-0.15, -0.1) is 0 Å². The van der Waals surface area contributed by atoms with Crippen molar-refractivity contribution < 1.29 is 8.42 Å². The molecule has 1 saturated carbocycles. The third kappa shape index (κ3) is 2.94. The Morgan fingerprint density at radius 3 is 2.32 bits per heavy atom. The largest absolute Gasteiger partial charge is 0.243 e. The molecule has 2 aliphatic rings. The molecule has 3 nitrogen and oxygen atoms in total. The van der Waals surface area contributed by atoms with Gasteiger partial charge in [0.25, 0.3) is 0 Å². The van der Waals surface area contributed by atoms with Gasteiger partial charge in [-0.05, 0) is 36.9 Å². The molecule has 1 aromatic carbocycles. The van der Waals surface area contributed by atoms with Gasteiger partial charge >= 0.3 is 0 Å². The number of hydrogen-bond acceptors (Lipinski definition) is 2. The molecule has 0 radical (unpaired) electrons. The first-order valence-electron chi connectivity index (χ1n) is 7.95. The summed E-state index contributed by atoms with van der Waals surface area (Å²) >= 11 is 0. The normalized spacial score (nSPS) is 26.1. The van der Waals surface area contributed by atoms with Crippen molar-refractivity contribution in [2.75, 3.05) is 13.1 Å². The molecule has 0 saturated heterocycles. The fourth-order valence-corrected chi connectivity index (χ4v) is 7.17. The standard InChI is InChI=1S/C17H25NO2SSi/c1-13-5-7-15(8-6-13)21(19,20)18-10-9-14(12-18)16-11-17(16)22(2,3)4/h5-9,16-17H,10-12H2,1-4H3/t16-,17+/m1/s1. The van der Waals surface area contributed by atoms with Gasteiger partial charge in [0, 0.05) is 21.2 Å². The zero-order chi connectivity index (χ0) is 16.1. The van der Waals surface area contributed by atoms with Crippen molar-refractivity contribution in [2.24, 2.45) is 5.92 Å². The van der Waals surface area contributed by atoms with E-state index in [0.717, 1.165) is 11.1 Å². The van der Waals surface area contributed by atoms with Gasteiger partial charge < -0.3 is 0 Å². The summed E-state index contributed by atoms with van der Waals surface area (Å²) in [6, 6.07) is 7.15. The minimum absolute atomic E-state index is 0.408. The average molecular weight is 336 g/mol. The summed E-state index contributed by atoms with van der Waals surface area (Å²) in [5.41, 5.74) is 3.26. The van der Waals surface area contributed by atoms with Crippen LogP contribution in [0, 0.1) is 12.8 Å². The fraction of sp³-hybridized carbons (Fsp3) is 0.529. The Morgan fingerprint density at radius 1 is 1.14 bits per heavy atom. The molecule has 0 bridgehead atoms. The molecule has 120 valence electrons. The lowest BCUT2D eigenvalue weighted by Gasteiger charge is -2.18. The predicted octanol–water partition coefficient (Wildman–Crippen LogP) is 3.65. The van der Waals surface area contributed by atoms with Gasteiger partial charge in [0.1, 0.15) is 0 Å². The maximum atomic E-state index is 12.7. The first-order chi connectivity index (χ1) is 10.2. The van der Waals surface area contributed by atoms with Crippen LogP contribution in [0.3, 0.4) is 0 Å². The number of aryl methyl sites for hydroxylation is 1. The van der Waals surface area contributed by atoms with E-state index in [2.05, 4.69) is 25.7 Å². The third-order valence-electron chi connectivity index (χ3n) is 4.95. The molecule has 0 unspecified atom stereocenters. The second-order valence-electron chi connectivity index (χ2n) is 7.70. The topological polar surface area (TPSA) is 37.4 Å². The Kier molecular flexibility index (Phi) is 3.86. The van der Waals surface area contributed by atoms with Gasteiger partial charge in [0.2, 0.25) is 10.0 Å². The monoisotopic (exact) mass is 335 g/mol. The van der Waals surface area contributed by atoms with Crippen LogP contribution < -0.4 is 0 Å². The highest BCUT2D eigenvalue weighted by Gasteiger charge is 2.49. The molecule has 0 amide bonds. The maximum Gasteiger partial charge on any atom is 0.243 e. The van der Waals surface area contributed by atoms with E-state index in [0.29, 0.717) is 23.9 Å². The lowest BCUT2D eigenvalue weighted by atomic mass is 10.2. The molecule has 1 aliphatic heterocycles. The van der Waals surface area contributed by atoms with Crippen LogP contribution in [-0.2, 0) is 10.0 Å².